The molecule has 2 rings (SSSR count). The molecule has 0 aliphatic carbocycles. The summed E-state index contributed by atoms with van der Waals surface area (Å²) in [7, 11) is 1.47. The van der Waals surface area contributed by atoms with E-state index in [4.69, 9.17) is 37.8 Å². The molecule has 0 fully saturated rings. The first-order chi connectivity index (χ1) is 12.1. The van der Waals surface area contributed by atoms with Crippen molar-refractivity contribution in [3.05, 3.63) is 33.4 Å². The van der Waals surface area contributed by atoms with Crippen LogP contribution < -0.4 is 9.47 Å². The quantitative estimate of drug-likeness (QED) is 0.706. The topological polar surface area (TPSA) is 73.6 Å². The fraction of sp³-hybridized carbons (Fsp3) is 0.375. The molecule has 6 nitrogen and oxygen atoms in total. The second-order valence-electron chi connectivity index (χ2n) is 5.36. The van der Waals surface area contributed by atoms with Crippen molar-refractivity contribution in [1.29, 1.82) is 0 Å². The van der Waals surface area contributed by atoms with E-state index in [1.807, 2.05) is 0 Å². The molecule has 1 aromatic carbocycles. The van der Waals surface area contributed by atoms with Crippen LogP contribution in [0.2, 0.25) is 10.0 Å². The van der Waals surface area contributed by atoms with Gasteiger partial charge >= 0.3 is 5.97 Å². The summed E-state index contributed by atoms with van der Waals surface area (Å²) < 4.78 is 38.3. The molecule has 26 heavy (non-hydrogen) atoms. The first-order valence-corrected chi connectivity index (χ1v) is 8.31. The molecule has 1 N–H and O–H groups in total. The van der Waals surface area contributed by atoms with Crippen molar-refractivity contribution in [2.75, 3.05) is 0 Å². The molecular formula is C16H16Cl2F2N2O4. The number of hydrogen-bond acceptors (Lipinski definition) is 4. The molecule has 0 amide bonds. The van der Waals surface area contributed by atoms with Gasteiger partial charge in [0.25, 0.3) is 6.43 Å². The van der Waals surface area contributed by atoms with Gasteiger partial charge in [0.1, 0.15) is 11.4 Å². The summed E-state index contributed by atoms with van der Waals surface area (Å²) in [6, 6.07) is 2.62. The molecular weight excluding hydrogens is 393 g/mol. The van der Waals surface area contributed by atoms with Crippen LogP contribution in [0.5, 0.6) is 17.4 Å². The van der Waals surface area contributed by atoms with Crippen LogP contribution >= 0.6 is 23.2 Å². The summed E-state index contributed by atoms with van der Waals surface area (Å²) in [5, 5.41) is 12.9. The maximum absolute atomic E-state index is 13.1. The number of carboxylic acid groups (broad SMARTS) is 1. The molecule has 0 aliphatic rings. The number of carboxylic acids is 1. The van der Waals surface area contributed by atoms with Gasteiger partial charge in [-0.1, -0.05) is 30.1 Å². The van der Waals surface area contributed by atoms with Crippen LogP contribution in [-0.4, -0.2) is 27.0 Å². The third-order valence-corrected chi connectivity index (χ3v) is 4.11. The summed E-state index contributed by atoms with van der Waals surface area (Å²) in [5.41, 5.74) is -0.124. The number of ether oxygens (including phenoxy) is 2. The molecule has 0 bridgehead atoms. The highest BCUT2D eigenvalue weighted by Crippen LogP contribution is 2.40. The van der Waals surface area contributed by atoms with Crippen LogP contribution in [0.1, 0.15) is 31.5 Å². The Kier molecular flexibility index (Phi) is 6.30. The normalized spacial score (nSPS) is 12.3. The Labute approximate surface area is 158 Å². The molecule has 0 radical (unpaired) electrons. The molecule has 10 heteroatoms. The third kappa shape index (κ3) is 4.19. The van der Waals surface area contributed by atoms with Crippen molar-refractivity contribution < 1.29 is 28.2 Å². The minimum Gasteiger partial charge on any atom is -0.479 e. The number of alkyl halides is 2. The highest BCUT2D eigenvalue weighted by molar-refractivity contribution is 6.36. The lowest BCUT2D eigenvalue weighted by Gasteiger charge is -2.15. The van der Waals surface area contributed by atoms with Crippen LogP contribution in [-0.2, 0) is 18.3 Å². The van der Waals surface area contributed by atoms with Gasteiger partial charge in [-0.3, -0.25) is 0 Å². The van der Waals surface area contributed by atoms with Gasteiger partial charge in [-0.15, -0.1) is 0 Å². The second kappa shape index (κ2) is 8.09. The molecule has 0 aliphatic heterocycles. The standard InChI is InChI=1S/C16H16Cl2F2N2O4/c1-4-8-13(14(19)20)21-22(3)15(8)26-12-6-11(9(17)5-10(12)18)25-7(2)16(23)24/h5-7,14H,4H2,1-3H3,(H,23,24)/t7-/m0/s1. The Morgan fingerprint density at radius 1 is 1.31 bits per heavy atom. The van der Waals surface area contributed by atoms with E-state index < -0.39 is 18.5 Å². The van der Waals surface area contributed by atoms with E-state index in [0.29, 0.717) is 0 Å². The highest BCUT2D eigenvalue weighted by Gasteiger charge is 2.24. The lowest BCUT2D eigenvalue weighted by atomic mass is 10.2. The Hall–Kier alpha value is -2.06. The molecule has 1 aromatic heterocycles. The van der Waals surface area contributed by atoms with Gasteiger partial charge in [-0.2, -0.15) is 5.10 Å². The van der Waals surface area contributed by atoms with Gasteiger partial charge in [-0.25, -0.2) is 18.3 Å². The third-order valence-electron chi connectivity index (χ3n) is 3.52. The number of aromatic nitrogens is 2. The monoisotopic (exact) mass is 408 g/mol. The largest absolute Gasteiger partial charge is 0.479 e. The van der Waals surface area contributed by atoms with E-state index in [-0.39, 0.29) is 45.1 Å². The summed E-state index contributed by atoms with van der Waals surface area (Å²) in [5.74, 6) is -0.971. The highest BCUT2D eigenvalue weighted by atomic mass is 35.5. The summed E-state index contributed by atoms with van der Waals surface area (Å²) >= 11 is 12.1. The summed E-state index contributed by atoms with van der Waals surface area (Å²) in [4.78, 5) is 10.9. The molecule has 1 atom stereocenters. The maximum atomic E-state index is 13.1. The van der Waals surface area contributed by atoms with E-state index in [2.05, 4.69) is 5.10 Å². The Balaban J connectivity index is 2.43. The van der Waals surface area contributed by atoms with Crippen LogP contribution in [0.15, 0.2) is 12.1 Å². The smallest absolute Gasteiger partial charge is 0.344 e. The van der Waals surface area contributed by atoms with Gasteiger partial charge < -0.3 is 14.6 Å². The van der Waals surface area contributed by atoms with Gasteiger partial charge in [0, 0.05) is 18.7 Å². The van der Waals surface area contributed by atoms with Gasteiger partial charge in [0.2, 0.25) is 5.88 Å². The zero-order valence-electron chi connectivity index (χ0n) is 14.1. The van der Waals surface area contributed by atoms with Crippen LogP contribution in [0, 0.1) is 0 Å². The van der Waals surface area contributed by atoms with Gasteiger partial charge in [0.05, 0.1) is 10.0 Å². The van der Waals surface area contributed by atoms with E-state index in [1.54, 1.807) is 6.92 Å². The SMILES string of the molecule is CCc1c(C(F)F)nn(C)c1Oc1cc(O[C@@H](C)C(=O)O)c(Cl)cc1Cl. The predicted molar refractivity (Wildman–Crippen MR) is 91.8 cm³/mol. The fourth-order valence-electron chi connectivity index (χ4n) is 2.23. The molecule has 2 aromatic rings. The van der Waals surface area contributed by atoms with Crippen LogP contribution in [0.25, 0.3) is 0 Å². The van der Waals surface area contributed by atoms with Crippen molar-refractivity contribution >= 4 is 29.2 Å². The molecule has 0 saturated heterocycles. The lowest BCUT2D eigenvalue weighted by Crippen LogP contribution is -2.23. The minimum absolute atomic E-state index is 0.0373. The van der Waals surface area contributed by atoms with Crippen molar-refractivity contribution in [3.8, 4) is 17.4 Å². The number of aryl methyl sites for hydroxylation is 1. The Morgan fingerprint density at radius 2 is 1.92 bits per heavy atom. The number of carbonyl (C=O) groups is 1. The average Bonchev–Trinajstić information content (AvgIpc) is 2.87. The molecule has 0 saturated carbocycles. The fourth-order valence-corrected chi connectivity index (χ4v) is 2.70. The number of nitrogens with zero attached hydrogens (tertiary/aromatic N) is 2. The van der Waals surface area contributed by atoms with Gasteiger partial charge in [0.15, 0.2) is 11.9 Å². The van der Waals surface area contributed by atoms with E-state index in [9.17, 15) is 13.6 Å². The summed E-state index contributed by atoms with van der Waals surface area (Å²) in [6.45, 7) is 3.03. The molecule has 1 heterocycles. The first kappa shape index (κ1) is 20.3. The Morgan fingerprint density at radius 3 is 2.46 bits per heavy atom. The maximum Gasteiger partial charge on any atom is 0.344 e. The van der Waals surface area contributed by atoms with E-state index >= 15 is 0 Å². The second-order valence-corrected chi connectivity index (χ2v) is 6.17. The van der Waals surface area contributed by atoms with E-state index in [1.165, 1.54) is 30.8 Å². The summed E-state index contributed by atoms with van der Waals surface area (Å²) in [6.07, 6.45) is -3.63. The van der Waals surface area contributed by atoms with Crippen molar-refractivity contribution in [2.45, 2.75) is 32.8 Å². The lowest BCUT2D eigenvalue weighted by molar-refractivity contribution is -0.144. The number of halogens is 4. The van der Waals surface area contributed by atoms with E-state index in [0.717, 1.165) is 0 Å². The predicted octanol–water partition coefficient (Wildman–Crippen LogP) is 4.87. The van der Waals surface area contributed by atoms with Crippen molar-refractivity contribution in [3.63, 3.8) is 0 Å². The zero-order chi connectivity index (χ0) is 19.6. The molecule has 142 valence electrons. The number of aliphatic carboxylic acids is 1. The molecule has 0 unspecified atom stereocenters. The molecule has 0 spiro atoms. The van der Waals surface area contributed by atoms with Crippen LogP contribution in [0.3, 0.4) is 0 Å². The van der Waals surface area contributed by atoms with Crippen molar-refractivity contribution in [1.82, 2.24) is 9.78 Å². The zero-order valence-corrected chi connectivity index (χ0v) is 15.6. The number of benzene rings is 1. The number of hydrogen-bond donors (Lipinski definition) is 1. The number of rotatable bonds is 7. The minimum atomic E-state index is -2.75. The van der Waals surface area contributed by atoms with Crippen molar-refractivity contribution in [2.24, 2.45) is 7.05 Å². The first-order valence-electron chi connectivity index (χ1n) is 7.55. The Bertz CT molecular complexity index is 827. The average molecular weight is 409 g/mol. The van der Waals surface area contributed by atoms with Crippen LogP contribution in [0.4, 0.5) is 8.78 Å². The van der Waals surface area contributed by atoms with Gasteiger partial charge in [-0.05, 0) is 19.4 Å².